The number of carbonyl (C=O) groups is 1. The summed E-state index contributed by atoms with van der Waals surface area (Å²) in [5, 5.41) is 10.4. The minimum Gasteiger partial charge on any atom is -0.382 e. The van der Waals surface area contributed by atoms with Gasteiger partial charge in [-0.1, -0.05) is 13.8 Å². The number of hydrogen-bond donors (Lipinski definition) is 1. The van der Waals surface area contributed by atoms with Gasteiger partial charge in [0.05, 0.1) is 5.60 Å². The first kappa shape index (κ1) is 14.4. The van der Waals surface area contributed by atoms with E-state index in [-0.39, 0.29) is 17.3 Å². The van der Waals surface area contributed by atoms with Crippen molar-refractivity contribution in [3.8, 4) is 0 Å². The number of rotatable bonds is 4. The Morgan fingerprint density at radius 1 is 1.50 bits per heavy atom. The van der Waals surface area contributed by atoms with Gasteiger partial charge in [0, 0.05) is 18.3 Å². The molecule has 0 bridgehead atoms. The molecular weight excluding hydrogens is 248 g/mol. The molecular formula is C14H24O3S. The molecule has 3 nitrogen and oxygen atoms in total. The van der Waals surface area contributed by atoms with Crippen LogP contribution in [0.25, 0.3) is 0 Å². The summed E-state index contributed by atoms with van der Waals surface area (Å²) in [6, 6.07) is 0. The average Bonchev–Trinajstić information content (AvgIpc) is 2.85. The van der Waals surface area contributed by atoms with E-state index >= 15 is 0 Å². The largest absolute Gasteiger partial charge is 0.382 e. The molecule has 0 saturated carbocycles. The maximum absolute atomic E-state index is 12.5. The number of ether oxygens (including phenoxy) is 1. The highest BCUT2D eigenvalue weighted by Crippen LogP contribution is 2.42. The predicted molar refractivity (Wildman–Crippen MR) is 73.9 cm³/mol. The fourth-order valence-electron chi connectivity index (χ4n) is 3.09. The van der Waals surface area contributed by atoms with Crippen molar-refractivity contribution in [2.24, 2.45) is 5.92 Å². The Morgan fingerprint density at radius 3 is 2.78 bits per heavy atom. The number of Topliss-reactive ketones (excluding diaryl/α,β-unsaturated/α-hetero) is 1. The van der Waals surface area contributed by atoms with Crippen molar-refractivity contribution in [2.75, 3.05) is 18.1 Å². The van der Waals surface area contributed by atoms with Gasteiger partial charge in [-0.2, -0.15) is 11.8 Å². The van der Waals surface area contributed by atoms with Crippen LogP contribution in [0.2, 0.25) is 0 Å². The molecule has 0 aromatic heterocycles. The van der Waals surface area contributed by atoms with Gasteiger partial charge in [0.1, 0.15) is 5.60 Å². The minimum atomic E-state index is -1.12. The molecule has 2 fully saturated rings. The van der Waals surface area contributed by atoms with E-state index in [0.29, 0.717) is 19.4 Å². The van der Waals surface area contributed by atoms with Gasteiger partial charge in [0.15, 0.2) is 5.78 Å². The smallest absolute Gasteiger partial charge is 0.167 e. The molecule has 2 heterocycles. The first-order chi connectivity index (χ1) is 8.55. The number of carbonyl (C=O) groups excluding carboxylic acids is 1. The summed E-state index contributed by atoms with van der Waals surface area (Å²) < 4.78 is 5.93. The summed E-state index contributed by atoms with van der Waals surface area (Å²) in [4.78, 5) is 12.5. The molecule has 104 valence electrons. The van der Waals surface area contributed by atoms with Crippen molar-refractivity contribution < 1.29 is 14.6 Å². The first-order valence-electron chi connectivity index (χ1n) is 7.04. The Morgan fingerprint density at radius 2 is 2.22 bits per heavy atom. The van der Waals surface area contributed by atoms with Gasteiger partial charge in [-0.3, -0.25) is 4.79 Å². The number of thioether (sulfide) groups is 1. The molecule has 2 unspecified atom stereocenters. The normalized spacial score (nSPS) is 32.9. The third kappa shape index (κ3) is 2.61. The number of hydrogen-bond acceptors (Lipinski definition) is 4. The summed E-state index contributed by atoms with van der Waals surface area (Å²) in [5.74, 6) is 2.18. The lowest BCUT2D eigenvalue weighted by Crippen LogP contribution is -2.48. The van der Waals surface area contributed by atoms with E-state index in [4.69, 9.17) is 4.74 Å². The van der Waals surface area contributed by atoms with Crippen molar-refractivity contribution in [2.45, 2.75) is 57.2 Å². The molecule has 2 aliphatic rings. The van der Waals surface area contributed by atoms with E-state index in [1.807, 2.05) is 25.6 Å². The fourth-order valence-corrected chi connectivity index (χ4v) is 4.47. The zero-order valence-corrected chi connectivity index (χ0v) is 12.2. The minimum absolute atomic E-state index is 0.0117. The molecule has 0 radical (unpaired) electrons. The highest BCUT2D eigenvalue weighted by molar-refractivity contribution is 7.99. The second-order valence-corrected chi connectivity index (χ2v) is 6.73. The van der Waals surface area contributed by atoms with E-state index in [9.17, 15) is 9.90 Å². The highest BCUT2D eigenvalue weighted by atomic mass is 32.2. The molecule has 18 heavy (non-hydrogen) atoms. The highest BCUT2D eigenvalue weighted by Gasteiger charge is 2.46. The van der Waals surface area contributed by atoms with Crippen LogP contribution in [0, 0.1) is 5.92 Å². The van der Waals surface area contributed by atoms with Crippen molar-refractivity contribution >= 4 is 17.5 Å². The third-order valence-electron chi connectivity index (χ3n) is 4.56. The van der Waals surface area contributed by atoms with Crippen LogP contribution >= 0.6 is 11.8 Å². The fraction of sp³-hybridized carbons (Fsp3) is 0.929. The maximum Gasteiger partial charge on any atom is 0.167 e. The lowest BCUT2D eigenvalue weighted by Gasteiger charge is -2.39. The molecule has 1 spiro atoms. The second-order valence-electron chi connectivity index (χ2n) is 5.63. The van der Waals surface area contributed by atoms with Crippen LogP contribution in [0.5, 0.6) is 0 Å². The molecule has 2 aliphatic heterocycles. The molecule has 0 amide bonds. The van der Waals surface area contributed by atoms with Gasteiger partial charge >= 0.3 is 0 Å². The Hall–Kier alpha value is -0.0600. The quantitative estimate of drug-likeness (QED) is 0.853. The van der Waals surface area contributed by atoms with E-state index < -0.39 is 5.60 Å². The molecule has 2 rings (SSSR count). The lowest BCUT2D eigenvalue weighted by molar-refractivity contribution is -0.152. The summed E-state index contributed by atoms with van der Waals surface area (Å²) in [6.45, 7) is 4.45. The van der Waals surface area contributed by atoms with Gasteiger partial charge < -0.3 is 9.84 Å². The van der Waals surface area contributed by atoms with Crippen LogP contribution in [-0.2, 0) is 9.53 Å². The van der Waals surface area contributed by atoms with Crippen LogP contribution in [0.15, 0.2) is 0 Å². The maximum atomic E-state index is 12.5. The van der Waals surface area contributed by atoms with Gasteiger partial charge in [0.25, 0.3) is 0 Å². The molecule has 2 atom stereocenters. The van der Waals surface area contributed by atoms with Crippen LogP contribution in [0.1, 0.15) is 46.0 Å². The first-order valence-corrected chi connectivity index (χ1v) is 8.19. The Labute approximate surface area is 114 Å². The number of ketones is 1. The van der Waals surface area contributed by atoms with E-state index in [1.165, 1.54) is 0 Å². The van der Waals surface area contributed by atoms with Crippen LogP contribution < -0.4 is 0 Å². The van der Waals surface area contributed by atoms with Crippen molar-refractivity contribution in [3.63, 3.8) is 0 Å². The predicted octanol–water partition coefficient (Wildman–Crippen LogP) is 2.41. The third-order valence-corrected chi connectivity index (χ3v) is 5.78. The van der Waals surface area contributed by atoms with Crippen LogP contribution in [0.3, 0.4) is 0 Å². The Kier molecular flexibility index (Phi) is 4.40. The lowest BCUT2D eigenvalue weighted by atomic mass is 9.76. The molecule has 0 aliphatic carbocycles. The van der Waals surface area contributed by atoms with E-state index in [2.05, 4.69) is 0 Å². The van der Waals surface area contributed by atoms with Crippen LogP contribution in [-0.4, -0.2) is 40.2 Å². The van der Waals surface area contributed by atoms with Crippen molar-refractivity contribution in [1.82, 2.24) is 0 Å². The van der Waals surface area contributed by atoms with E-state index in [1.54, 1.807) is 0 Å². The monoisotopic (exact) mass is 272 g/mol. The van der Waals surface area contributed by atoms with Gasteiger partial charge in [-0.05, 0) is 37.9 Å². The topological polar surface area (TPSA) is 46.5 Å². The van der Waals surface area contributed by atoms with Gasteiger partial charge in [-0.25, -0.2) is 0 Å². The van der Waals surface area contributed by atoms with Crippen molar-refractivity contribution in [1.29, 1.82) is 0 Å². The molecule has 4 heteroatoms. The number of aliphatic hydroxyl groups is 1. The molecule has 2 saturated heterocycles. The van der Waals surface area contributed by atoms with Gasteiger partial charge in [-0.15, -0.1) is 0 Å². The summed E-state index contributed by atoms with van der Waals surface area (Å²) in [6.07, 6.45) is 3.66. The second kappa shape index (κ2) is 5.51. The summed E-state index contributed by atoms with van der Waals surface area (Å²) in [7, 11) is 0. The van der Waals surface area contributed by atoms with Gasteiger partial charge in [0.2, 0.25) is 0 Å². The molecule has 0 aromatic carbocycles. The summed E-state index contributed by atoms with van der Waals surface area (Å²) >= 11 is 1.91. The van der Waals surface area contributed by atoms with Crippen molar-refractivity contribution in [3.05, 3.63) is 0 Å². The Balaban J connectivity index is 2.06. The zero-order chi connectivity index (χ0) is 13.2. The zero-order valence-electron chi connectivity index (χ0n) is 11.4. The standard InChI is InChI=1S/C14H24O3S/c1-3-14(16,4-2)12(15)11-5-7-17-13(9-11)6-8-18-10-13/h11,16H,3-10H2,1-2H3. The average molecular weight is 272 g/mol. The molecule has 0 aromatic rings. The summed E-state index contributed by atoms with van der Waals surface area (Å²) in [5.41, 5.74) is -1.19. The SMILES string of the molecule is CCC(O)(CC)C(=O)C1CCOC2(CCSC2)C1. The van der Waals surface area contributed by atoms with Crippen LogP contribution in [0.4, 0.5) is 0 Å². The van der Waals surface area contributed by atoms with E-state index in [0.717, 1.165) is 30.8 Å². The molecule has 1 N–H and O–H groups in total. The Bertz CT molecular complexity index is 306.